The zero-order valence-electron chi connectivity index (χ0n) is 6.65. The van der Waals surface area contributed by atoms with Crippen LogP contribution in [0.15, 0.2) is 12.3 Å². The van der Waals surface area contributed by atoms with Crippen molar-refractivity contribution in [1.29, 1.82) is 0 Å². The van der Waals surface area contributed by atoms with Crippen molar-refractivity contribution >= 4 is 17.2 Å². The highest BCUT2D eigenvalue weighted by Crippen LogP contribution is 2.13. The molecular weight excluding hydrogens is 154 g/mol. The number of rotatable bonds is 0. The van der Waals surface area contributed by atoms with Crippen LogP contribution in [0.2, 0.25) is 0 Å². The van der Waals surface area contributed by atoms with Gasteiger partial charge in [0.1, 0.15) is 5.82 Å². The van der Waals surface area contributed by atoms with E-state index in [9.17, 15) is 0 Å². The minimum atomic E-state index is 0.400. The van der Waals surface area contributed by atoms with Crippen molar-refractivity contribution in [2.75, 3.05) is 11.5 Å². The summed E-state index contributed by atoms with van der Waals surface area (Å²) in [7, 11) is 0. The second kappa shape index (κ2) is 2.10. The zero-order chi connectivity index (χ0) is 8.72. The molecule has 2 rings (SSSR count). The molecule has 2 aromatic heterocycles. The summed E-state index contributed by atoms with van der Waals surface area (Å²) in [5.74, 6) is 0.400. The van der Waals surface area contributed by atoms with Crippen LogP contribution < -0.4 is 11.5 Å². The van der Waals surface area contributed by atoms with Gasteiger partial charge < -0.3 is 11.5 Å². The van der Waals surface area contributed by atoms with E-state index in [1.54, 1.807) is 16.8 Å². The van der Waals surface area contributed by atoms with E-state index >= 15 is 0 Å². The van der Waals surface area contributed by atoms with Crippen LogP contribution in [-0.2, 0) is 0 Å². The Bertz CT molecular complexity index is 431. The fourth-order valence-electron chi connectivity index (χ4n) is 1.14. The van der Waals surface area contributed by atoms with E-state index in [1.165, 1.54) is 0 Å². The normalized spacial score (nSPS) is 10.8. The van der Waals surface area contributed by atoms with Crippen LogP contribution in [0.25, 0.3) is 5.65 Å². The lowest BCUT2D eigenvalue weighted by Gasteiger charge is -1.97. The number of anilines is 2. The standard InChI is InChI=1S/C7H9N5/c1-4-3-12-7(10-4)5(8)2-6(9)11-12/h2-3H,8H2,1H3,(H2,9,11). The van der Waals surface area contributed by atoms with Crippen molar-refractivity contribution in [3.8, 4) is 0 Å². The third kappa shape index (κ3) is 0.868. The molecule has 0 aliphatic carbocycles. The smallest absolute Gasteiger partial charge is 0.177 e. The number of nitrogens with two attached hydrogens (primary N) is 2. The molecule has 0 saturated carbocycles. The molecular formula is C7H9N5. The third-order valence-electron chi connectivity index (χ3n) is 1.59. The molecule has 0 fully saturated rings. The van der Waals surface area contributed by atoms with Gasteiger partial charge in [-0.15, -0.1) is 5.10 Å². The predicted molar refractivity (Wildman–Crippen MR) is 46.5 cm³/mol. The molecule has 0 aliphatic rings. The summed E-state index contributed by atoms with van der Waals surface area (Å²) in [4.78, 5) is 4.17. The predicted octanol–water partition coefficient (Wildman–Crippen LogP) is 0.202. The van der Waals surface area contributed by atoms with Crippen LogP contribution >= 0.6 is 0 Å². The van der Waals surface area contributed by atoms with E-state index in [1.807, 2.05) is 6.92 Å². The van der Waals surface area contributed by atoms with E-state index < -0.39 is 0 Å². The maximum absolute atomic E-state index is 5.67. The highest BCUT2D eigenvalue weighted by molar-refractivity contribution is 5.66. The van der Waals surface area contributed by atoms with Gasteiger partial charge in [-0.25, -0.2) is 9.50 Å². The number of nitrogens with zero attached hydrogens (tertiary/aromatic N) is 3. The molecule has 0 spiro atoms. The van der Waals surface area contributed by atoms with Crippen molar-refractivity contribution < 1.29 is 0 Å². The second-order valence-electron chi connectivity index (χ2n) is 2.68. The first-order valence-corrected chi connectivity index (χ1v) is 3.55. The quantitative estimate of drug-likeness (QED) is 0.581. The summed E-state index contributed by atoms with van der Waals surface area (Å²) in [6.07, 6.45) is 1.78. The van der Waals surface area contributed by atoms with Gasteiger partial charge in [0.2, 0.25) is 0 Å². The van der Waals surface area contributed by atoms with E-state index in [4.69, 9.17) is 11.5 Å². The van der Waals surface area contributed by atoms with E-state index in [-0.39, 0.29) is 0 Å². The number of nitrogen functional groups attached to an aromatic ring is 2. The van der Waals surface area contributed by atoms with E-state index in [2.05, 4.69) is 10.1 Å². The number of fused-ring (bicyclic) bond motifs is 1. The Labute approximate surface area is 69.0 Å². The summed E-state index contributed by atoms with van der Waals surface area (Å²) in [6.45, 7) is 1.88. The lowest BCUT2D eigenvalue weighted by atomic mass is 10.4. The van der Waals surface area contributed by atoms with Gasteiger partial charge in [0.05, 0.1) is 17.6 Å². The Balaban J connectivity index is 2.88. The minimum Gasteiger partial charge on any atom is -0.396 e. The molecule has 0 bridgehead atoms. The van der Waals surface area contributed by atoms with Gasteiger partial charge in [-0.1, -0.05) is 0 Å². The van der Waals surface area contributed by atoms with Crippen molar-refractivity contribution in [3.05, 3.63) is 18.0 Å². The van der Waals surface area contributed by atoms with Crippen molar-refractivity contribution in [2.24, 2.45) is 0 Å². The van der Waals surface area contributed by atoms with Crippen LogP contribution in [-0.4, -0.2) is 14.6 Å². The summed E-state index contributed by atoms with van der Waals surface area (Å²) < 4.78 is 1.58. The monoisotopic (exact) mass is 163 g/mol. The Kier molecular flexibility index (Phi) is 1.21. The Morgan fingerprint density at radius 1 is 1.42 bits per heavy atom. The topological polar surface area (TPSA) is 82.2 Å². The molecule has 0 unspecified atom stereocenters. The van der Waals surface area contributed by atoms with Gasteiger partial charge in [-0.05, 0) is 6.92 Å². The fraction of sp³-hybridized carbons (Fsp3) is 0.143. The average Bonchev–Trinajstić information content (AvgIpc) is 2.29. The number of imidazole rings is 1. The summed E-state index contributed by atoms with van der Waals surface area (Å²) in [6, 6.07) is 1.60. The molecule has 4 N–H and O–H groups in total. The number of aryl methyl sites for hydroxylation is 1. The van der Waals surface area contributed by atoms with Gasteiger partial charge in [0.15, 0.2) is 5.65 Å². The molecule has 2 heterocycles. The van der Waals surface area contributed by atoms with Crippen molar-refractivity contribution in [1.82, 2.24) is 14.6 Å². The first-order valence-electron chi connectivity index (χ1n) is 3.55. The van der Waals surface area contributed by atoms with Crippen LogP contribution in [0.3, 0.4) is 0 Å². The molecule has 62 valence electrons. The molecule has 0 amide bonds. The first-order chi connectivity index (χ1) is 5.66. The van der Waals surface area contributed by atoms with Gasteiger partial charge in [0.25, 0.3) is 0 Å². The maximum Gasteiger partial charge on any atom is 0.177 e. The van der Waals surface area contributed by atoms with Gasteiger partial charge in [0, 0.05) is 6.07 Å². The molecule has 0 saturated heterocycles. The summed E-state index contributed by atoms with van der Waals surface area (Å²) in [5, 5.41) is 4.01. The molecule has 5 nitrogen and oxygen atoms in total. The van der Waals surface area contributed by atoms with Crippen molar-refractivity contribution in [3.63, 3.8) is 0 Å². The molecule has 2 aromatic rings. The first kappa shape index (κ1) is 6.90. The molecule has 5 heteroatoms. The van der Waals surface area contributed by atoms with Crippen molar-refractivity contribution in [2.45, 2.75) is 6.92 Å². The molecule has 0 aliphatic heterocycles. The van der Waals surface area contributed by atoms with Gasteiger partial charge in [-0.3, -0.25) is 0 Å². The van der Waals surface area contributed by atoms with Gasteiger partial charge >= 0.3 is 0 Å². The number of hydrogen-bond donors (Lipinski definition) is 2. The average molecular weight is 163 g/mol. The van der Waals surface area contributed by atoms with Crippen LogP contribution in [0.4, 0.5) is 11.5 Å². The third-order valence-corrected chi connectivity index (χ3v) is 1.59. The van der Waals surface area contributed by atoms with Gasteiger partial charge in [-0.2, -0.15) is 0 Å². The minimum absolute atomic E-state index is 0.400. The van der Waals surface area contributed by atoms with Crippen LogP contribution in [0, 0.1) is 6.92 Å². The zero-order valence-corrected chi connectivity index (χ0v) is 6.65. The highest BCUT2D eigenvalue weighted by atomic mass is 15.3. The molecule has 12 heavy (non-hydrogen) atoms. The number of hydrogen-bond acceptors (Lipinski definition) is 4. The Morgan fingerprint density at radius 3 is 2.92 bits per heavy atom. The van der Waals surface area contributed by atoms with Crippen LogP contribution in [0.5, 0.6) is 0 Å². The lowest BCUT2D eigenvalue weighted by Crippen LogP contribution is -2.00. The van der Waals surface area contributed by atoms with Crippen LogP contribution in [0.1, 0.15) is 5.69 Å². The largest absolute Gasteiger partial charge is 0.396 e. The lowest BCUT2D eigenvalue weighted by molar-refractivity contribution is 0.946. The summed E-state index contributed by atoms with van der Waals surface area (Å²) in [5.41, 5.74) is 13.2. The SMILES string of the molecule is Cc1cn2nc(N)cc(N)c2n1. The molecule has 0 atom stereocenters. The maximum atomic E-state index is 5.67. The molecule has 0 aromatic carbocycles. The highest BCUT2D eigenvalue weighted by Gasteiger charge is 2.03. The summed E-state index contributed by atoms with van der Waals surface area (Å²) >= 11 is 0. The Morgan fingerprint density at radius 2 is 2.17 bits per heavy atom. The second-order valence-corrected chi connectivity index (χ2v) is 2.68. The molecule has 0 radical (unpaired) electrons. The van der Waals surface area contributed by atoms with E-state index in [0.717, 1.165) is 5.69 Å². The van der Waals surface area contributed by atoms with E-state index in [0.29, 0.717) is 17.2 Å². The fourth-order valence-corrected chi connectivity index (χ4v) is 1.14. The number of aromatic nitrogens is 3. The Hall–Kier alpha value is -1.78.